The smallest absolute Gasteiger partial charge is 0.251 e. The van der Waals surface area contributed by atoms with E-state index in [-0.39, 0.29) is 16.6 Å². The molecule has 0 saturated carbocycles. The first kappa shape index (κ1) is 13.4. The number of nitrogens with zero attached hydrogens (tertiary/aromatic N) is 1. The molecule has 1 aromatic rings. The SMILES string of the molecule is CNC(=O)c1ccc(Cl)c(N2CC(Br)CC2=O)c1. The number of anilines is 1. The Morgan fingerprint density at radius 2 is 2.28 bits per heavy atom. The normalized spacial score (nSPS) is 19.2. The highest BCUT2D eigenvalue weighted by Crippen LogP contribution is 2.32. The third-order valence-corrected chi connectivity index (χ3v) is 3.74. The predicted octanol–water partition coefficient (Wildman–Crippen LogP) is 2.20. The number of amides is 2. The summed E-state index contributed by atoms with van der Waals surface area (Å²) in [6, 6.07) is 4.91. The van der Waals surface area contributed by atoms with E-state index in [1.54, 1.807) is 30.1 Å². The van der Waals surface area contributed by atoms with Crippen LogP contribution in [0.4, 0.5) is 5.69 Å². The Morgan fingerprint density at radius 3 is 2.83 bits per heavy atom. The van der Waals surface area contributed by atoms with E-state index in [0.29, 0.717) is 29.2 Å². The molecule has 1 fully saturated rings. The van der Waals surface area contributed by atoms with Crippen LogP contribution >= 0.6 is 27.5 Å². The summed E-state index contributed by atoms with van der Waals surface area (Å²) < 4.78 is 0. The molecular formula is C12H12BrClN2O2. The van der Waals surface area contributed by atoms with Gasteiger partial charge >= 0.3 is 0 Å². The van der Waals surface area contributed by atoms with E-state index in [1.807, 2.05) is 0 Å². The molecule has 1 unspecified atom stereocenters. The van der Waals surface area contributed by atoms with Crippen molar-refractivity contribution in [1.29, 1.82) is 0 Å². The molecule has 0 aliphatic carbocycles. The maximum atomic E-state index is 11.8. The molecule has 0 spiro atoms. The Kier molecular flexibility index (Phi) is 3.92. The monoisotopic (exact) mass is 330 g/mol. The van der Waals surface area contributed by atoms with Gasteiger partial charge in [-0.2, -0.15) is 0 Å². The molecule has 1 aliphatic heterocycles. The van der Waals surface area contributed by atoms with Crippen molar-refractivity contribution in [1.82, 2.24) is 5.32 Å². The van der Waals surface area contributed by atoms with Crippen LogP contribution in [0.1, 0.15) is 16.8 Å². The van der Waals surface area contributed by atoms with Gasteiger partial charge < -0.3 is 10.2 Å². The molecular weight excluding hydrogens is 320 g/mol. The average molecular weight is 332 g/mol. The second-order valence-electron chi connectivity index (χ2n) is 4.05. The molecule has 0 bridgehead atoms. The first-order chi connectivity index (χ1) is 8.52. The quantitative estimate of drug-likeness (QED) is 0.845. The largest absolute Gasteiger partial charge is 0.355 e. The number of carbonyl (C=O) groups excluding carboxylic acids is 2. The molecule has 1 aliphatic rings. The number of benzene rings is 1. The maximum Gasteiger partial charge on any atom is 0.251 e. The fourth-order valence-electron chi connectivity index (χ4n) is 1.90. The lowest BCUT2D eigenvalue weighted by Gasteiger charge is -2.18. The zero-order chi connectivity index (χ0) is 13.3. The first-order valence-corrected chi connectivity index (χ1v) is 6.78. The van der Waals surface area contributed by atoms with Gasteiger partial charge in [0.15, 0.2) is 0 Å². The van der Waals surface area contributed by atoms with Gasteiger partial charge in [0, 0.05) is 30.4 Å². The highest BCUT2D eigenvalue weighted by molar-refractivity contribution is 9.09. The standard InChI is InChI=1S/C12H12BrClN2O2/c1-15-12(18)7-2-3-9(14)10(4-7)16-6-8(13)5-11(16)17/h2-4,8H,5-6H2,1H3,(H,15,18). The lowest BCUT2D eigenvalue weighted by molar-refractivity contribution is -0.117. The van der Waals surface area contributed by atoms with Gasteiger partial charge in [0.1, 0.15) is 0 Å². The molecule has 1 saturated heterocycles. The Hall–Kier alpha value is -1.07. The van der Waals surface area contributed by atoms with Gasteiger partial charge in [-0.25, -0.2) is 0 Å². The summed E-state index contributed by atoms with van der Waals surface area (Å²) in [4.78, 5) is 25.1. The minimum Gasteiger partial charge on any atom is -0.355 e. The highest BCUT2D eigenvalue weighted by Gasteiger charge is 2.30. The lowest BCUT2D eigenvalue weighted by atomic mass is 10.1. The molecule has 96 valence electrons. The highest BCUT2D eigenvalue weighted by atomic mass is 79.9. The molecule has 0 radical (unpaired) electrons. The fraction of sp³-hybridized carbons (Fsp3) is 0.333. The Bertz CT molecular complexity index is 507. The summed E-state index contributed by atoms with van der Waals surface area (Å²) in [6.45, 7) is 0.565. The minimum atomic E-state index is -0.199. The summed E-state index contributed by atoms with van der Waals surface area (Å²) in [6.07, 6.45) is 0.445. The van der Waals surface area contributed by atoms with E-state index < -0.39 is 0 Å². The van der Waals surface area contributed by atoms with Crippen molar-refractivity contribution in [2.45, 2.75) is 11.2 Å². The van der Waals surface area contributed by atoms with Crippen molar-refractivity contribution in [2.24, 2.45) is 0 Å². The number of nitrogens with one attached hydrogen (secondary N) is 1. The third kappa shape index (κ3) is 2.52. The summed E-state index contributed by atoms with van der Waals surface area (Å²) in [7, 11) is 1.56. The topological polar surface area (TPSA) is 49.4 Å². The van der Waals surface area contributed by atoms with E-state index in [9.17, 15) is 9.59 Å². The van der Waals surface area contributed by atoms with Crippen molar-refractivity contribution in [2.75, 3.05) is 18.5 Å². The number of carbonyl (C=O) groups is 2. The zero-order valence-corrected chi connectivity index (χ0v) is 12.1. The van der Waals surface area contributed by atoms with Gasteiger partial charge in [-0.1, -0.05) is 27.5 Å². The molecule has 4 nitrogen and oxygen atoms in total. The predicted molar refractivity (Wildman–Crippen MR) is 74.5 cm³/mol. The van der Waals surface area contributed by atoms with Crippen molar-refractivity contribution < 1.29 is 9.59 Å². The van der Waals surface area contributed by atoms with Crippen molar-refractivity contribution in [3.63, 3.8) is 0 Å². The third-order valence-electron chi connectivity index (χ3n) is 2.80. The first-order valence-electron chi connectivity index (χ1n) is 5.49. The van der Waals surface area contributed by atoms with Gasteiger partial charge in [0.25, 0.3) is 5.91 Å². The molecule has 1 N–H and O–H groups in total. The minimum absolute atomic E-state index is 0.00725. The van der Waals surface area contributed by atoms with Crippen molar-refractivity contribution >= 4 is 45.0 Å². The van der Waals surface area contributed by atoms with Gasteiger partial charge in [0.2, 0.25) is 5.91 Å². The second kappa shape index (κ2) is 5.28. The van der Waals surface area contributed by atoms with E-state index in [0.717, 1.165) is 0 Å². The Labute approximate surface area is 118 Å². The average Bonchev–Trinajstić information content (AvgIpc) is 2.68. The molecule has 18 heavy (non-hydrogen) atoms. The summed E-state index contributed by atoms with van der Waals surface area (Å²) >= 11 is 9.51. The van der Waals surface area contributed by atoms with Crippen LogP contribution in [0.2, 0.25) is 5.02 Å². The maximum absolute atomic E-state index is 11.8. The molecule has 1 heterocycles. The van der Waals surface area contributed by atoms with E-state index in [1.165, 1.54) is 0 Å². The van der Waals surface area contributed by atoms with Crippen molar-refractivity contribution in [3.05, 3.63) is 28.8 Å². The summed E-state index contributed by atoms with van der Waals surface area (Å²) in [5, 5.41) is 3.01. The van der Waals surface area contributed by atoms with Gasteiger partial charge in [-0.15, -0.1) is 0 Å². The fourth-order valence-corrected chi connectivity index (χ4v) is 2.69. The van der Waals surface area contributed by atoms with Crippen molar-refractivity contribution in [3.8, 4) is 0 Å². The van der Waals surface area contributed by atoms with Crippen LogP contribution in [0.25, 0.3) is 0 Å². The van der Waals surface area contributed by atoms with Gasteiger partial charge in [0.05, 0.1) is 10.7 Å². The van der Waals surface area contributed by atoms with Gasteiger partial charge in [-0.3, -0.25) is 9.59 Å². The van der Waals surface area contributed by atoms with Crippen LogP contribution in [0, 0.1) is 0 Å². The number of hydrogen-bond donors (Lipinski definition) is 1. The molecule has 2 amide bonds. The Morgan fingerprint density at radius 1 is 1.56 bits per heavy atom. The summed E-state index contributed by atoms with van der Waals surface area (Å²) in [5.41, 5.74) is 1.08. The molecule has 1 aromatic carbocycles. The van der Waals surface area contributed by atoms with Crippen LogP contribution in [0.3, 0.4) is 0 Å². The van der Waals surface area contributed by atoms with Crippen LogP contribution in [0.15, 0.2) is 18.2 Å². The van der Waals surface area contributed by atoms with E-state index in [2.05, 4.69) is 21.2 Å². The second-order valence-corrected chi connectivity index (χ2v) is 5.75. The summed E-state index contributed by atoms with van der Waals surface area (Å²) in [5.74, 6) is -0.192. The lowest BCUT2D eigenvalue weighted by Crippen LogP contribution is -2.26. The number of halogens is 2. The number of hydrogen-bond acceptors (Lipinski definition) is 2. The molecule has 2 rings (SSSR count). The van der Waals surface area contributed by atoms with Crippen LogP contribution < -0.4 is 10.2 Å². The van der Waals surface area contributed by atoms with Crippen LogP contribution in [-0.4, -0.2) is 30.2 Å². The Balaban J connectivity index is 2.38. The van der Waals surface area contributed by atoms with Crippen LogP contribution in [0.5, 0.6) is 0 Å². The molecule has 0 aromatic heterocycles. The van der Waals surface area contributed by atoms with Crippen LogP contribution in [-0.2, 0) is 4.79 Å². The molecule has 1 atom stereocenters. The number of rotatable bonds is 2. The number of alkyl halides is 1. The molecule has 6 heteroatoms. The zero-order valence-electron chi connectivity index (χ0n) is 9.74. The van der Waals surface area contributed by atoms with E-state index >= 15 is 0 Å². The van der Waals surface area contributed by atoms with Gasteiger partial charge in [-0.05, 0) is 18.2 Å². The van der Waals surface area contributed by atoms with E-state index in [4.69, 9.17) is 11.6 Å².